The van der Waals surface area contributed by atoms with Crippen LogP contribution in [0.2, 0.25) is 0 Å². The average molecular weight is 275 g/mol. The van der Waals surface area contributed by atoms with Crippen LogP contribution >= 0.6 is 0 Å². The third kappa shape index (κ3) is 1.84. The molecule has 1 aromatic carbocycles. The number of rotatable bonds is 1. The number of carbonyl (C=O) groups excluding carboxylic acids is 1. The monoisotopic (exact) mass is 275 g/mol. The molecule has 0 atom stereocenters. The second-order valence-electron chi connectivity index (χ2n) is 3.94. The van der Waals surface area contributed by atoms with Crippen molar-refractivity contribution in [3.63, 3.8) is 0 Å². The number of hydrogen-bond acceptors (Lipinski definition) is 4. The van der Waals surface area contributed by atoms with Crippen molar-refractivity contribution >= 4 is 11.5 Å². The summed E-state index contributed by atoms with van der Waals surface area (Å²) in [6, 6.07) is 6.62. The molecular formula is C12H9N3O5. The summed E-state index contributed by atoms with van der Waals surface area (Å²) in [6.45, 7) is 0. The lowest BCUT2D eigenvalue weighted by molar-refractivity contribution is -0.112. The zero-order valence-corrected chi connectivity index (χ0v) is 9.93. The van der Waals surface area contributed by atoms with Gasteiger partial charge in [0, 0.05) is 5.22 Å². The van der Waals surface area contributed by atoms with Crippen LogP contribution < -0.4 is 21.8 Å². The predicted octanol–water partition coefficient (Wildman–Crippen LogP) is -2.70. The summed E-state index contributed by atoms with van der Waals surface area (Å²) in [4.78, 5) is 42.4. The Labute approximate surface area is 110 Å². The van der Waals surface area contributed by atoms with Crippen molar-refractivity contribution in [1.29, 1.82) is 0 Å². The number of hydrogen-bond donors (Lipinski definition) is 3. The lowest BCUT2D eigenvalue weighted by Gasteiger charge is -2.01. The maximum atomic E-state index is 11.9. The molecule has 0 fully saturated rings. The van der Waals surface area contributed by atoms with Crippen LogP contribution in [0, 0.1) is 0 Å². The molecule has 8 heteroatoms. The number of para-hydroxylation sites is 1. The molecule has 0 saturated heterocycles. The van der Waals surface area contributed by atoms with E-state index in [0.29, 0.717) is 10.6 Å². The first kappa shape index (κ1) is 13.4. The summed E-state index contributed by atoms with van der Waals surface area (Å²) < 4.78 is 0. The van der Waals surface area contributed by atoms with Gasteiger partial charge in [-0.15, -0.1) is 0 Å². The molecule has 1 amide bonds. The van der Waals surface area contributed by atoms with Crippen molar-refractivity contribution in [2.75, 3.05) is 0 Å². The standard InChI is InChI=1S/C12H7N3O4.H2O/c16-9-7(5-3-1-2-4-6(5)13-9)8-10(17)14-12(19)15-11(8)18;/h1-4H,(H3,14,15,17,18,19);1H2. The van der Waals surface area contributed by atoms with E-state index in [-0.39, 0.29) is 16.6 Å². The van der Waals surface area contributed by atoms with E-state index in [1.54, 1.807) is 24.3 Å². The van der Waals surface area contributed by atoms with E-state index >= 15 is 0 Å². The predicted molar refractivity (Wildman–Crippen MR) is 67.7 cm³/mol. The molecule has 1 aliphatic rings. The minimum Gasteiger partial charge on any atom is -0.494 e. The molecule has 1 aromatic heterocycles. The van der Waals surface area contributed by atoms with Crippen molar-refractivity contribution in [2.24, 2.45) is 4.99 Å². The fourth-order valence-corrected chi connectivity index (χ4v) is 2.01. The maximum absolute atomic E-state index is 11.9. The van der Waals surface area contributed by atoms with Crippen molar-refractivity contribution in [1.82, 2.24) is 9.97 Å². The van der Waals surface area contributed by atoms with Crippen LogP contribution in [0.4, 0.5) is 0 Å². The molecule has 5 N–H and O–H groups in total. The first-order chi connectivity index (χ1) is 9.08. The highest BCUT2D eigenvalue weighted by atomic mass is 16.3. The highest BCUT2D eigenvalue weighted by molar-refractivity contribution is 6.21. The molecule has 1 aliphatic heterocycles. The van der Waals surface area contributed by atoms with E-state index in [9.17, 15) is 19.5 Å². The molecule has 0 bridgehead atoms. The smallest absolute Gasteiger partial charge is 0.328 e. The maximum Gasteiger partial charge on any atom is 0.328 e. The first-order valence-corrected chi connectivity index (χ1v) is 5.36. The van der Waals surface area contributed by atoms with Gasteiger partial charge in [0.2, 0.25) is 5.88 Å². The molecule has 20 heavy (non-hydrogen) atoms. The number of fused-ring (bicyclic) bond motifs is 1. The average Bonchev–Trinajstić information content (AvgIpc) is 2.65. The number of aromatic nitrogens is 2. The molecule has 8 nitrogen and oxygen atoms in total. The molecule has 0 spiro atoms. The molecule has 3 rings (SSSR count). The third-order valence-electron chi connectivity index (χ3n) is 2.78. The van der Waals surface area contributed by atoms with Gasteiger partial charge in [0.1, 0.15) is 5.56 Å². The summed E-state index contributed by atoms with van der Waals surface area (Å²) in [5, 5.41) is 10.6. The van der Waals surface area contributed by atoms with Crippen LogP contribution in [0.15, 0.2) is 38.8 Å². The van der Waals surface area contributed by atoms with Crippen LogP contribution in [0.3, 0.4) is 0 Å². The Hall–Kier alpha value is -3.00. The van der Waals surface area contributed by atoms with Gasteiger partial charge in [-0.25, -0.2) is 9.79 Å². The third-order valence-corrected chi connectivity index (χ3v) is 2.78. The fraction of sp³-hybridized carbons (Fsp3) is 0. The Balaban J connectivity index is 0.00000147. The number of aromatic amines is 2. The summed E-state index contributed by atoms with van der Waals surface area (Å²) in [7, 11) is 0. The van der Waals surface area contributed by atoms with E-state index in [1.165, 1.54) is 0 Å². The van der Waals surface area contributed by atoms with E-state index < -0.39 is 23.0 Å². The van der Waals surface area contributed by atoms with Gasteiger partial charge in [0.15, 0.2) is 0 Å². The lowest BCUT2D eigenvalue weighted by Crippen LogP contribution is -2.29. The van der Waals surface area contributed by atoms with Crippen LogP contribution in [0.25, 0.3) is 5.57 Å². The van der Waals surface area contributed by atoms with E-state index in [1.807, 2.05) is 9.97 Å². The highest BCUT2D eigenvalue weighted by Gasteiger charge is 2.24. The fourth-order valence-electron chi connectivity index (χ4n) is 2.01. The number of carbonyl (C=O) groups is 1. The number of nitrogens with one attached hydrogen (secondary N) is 2. The van der Waals surface area contributed by atoms with Crippen molar-refractivity contribution in [3.8, 4) is 5.88 Å². The van der Waals surface area contributed by atoms with Crippen molar-refractivity contribution in [3.05, 3.63) is 61.2 Å². The van der Waals surface area contributed by atoms with Gasteiger partial charge in [-0.1, -0.05) is 18.2 Å². The van der Waals surface area contributed by atoms with E-state index in [4.69, 9.17) is 0 Å². The van der Waals surface area contributed by atoms with Crippen LogP contribution in [-0.4, -0.2) is 26.5 Å². The Morgan fingerprint density at radius 1 is 1.05 bits per heavy atom. The van der Waals surface area contributed by atoms with Crippen LogP contribution in [0.1, 0.15) is 5.56 Å². The van der Waals surface area contributed by atoms with Crippen LogP contribution in [-0.2, 0) is 4.79 Å². The first-order valence-electron chi connectivity index (χ1n) is 5.36. The number of nitrogens with zero attached hydrogens (tertiary/aromatic N) is 1. The van der Waals surface area contributed by atoms with Gasteiger partial charge in [-0.3, -0.25) is 19.6 Å². The van der Waals surface area contributed by atoms with Gasteiger partial charge in [0.05, 0.1) is 10.9 Å². The van der Waals surface area contributed by atoms with Crippen molar-refractivity contribution in [2.45, 2.75) is 0 Å². The normalized spacial score (nSPS) is 12.6. The van der Waals surface area contributed by atoms with Gasteiger partial charge < -0.3 is 10.6 Å². The quantitative estimate of drug-likeness (QED) is 0.519. The Morgan fingerprint density at radius 2 is 1.75 bits per heavy atom. The molecule has 0 aliphatic carbocycles. The summed E-state index contributed by atoms with van der Waals surface area (Å²) >= 11 is 0. The molecule has 0 radical (unpaired) electrons. The SMILES string of the molecule is O.O=C1N=c2ccccc2=C1c1c(O)[nH]c(=O)[nH]c1=O. The topological polar surface area (TPSA) is 147 Å². The molecule has 2 heterocycles. The molecular weight excluding hydrogens is 266 g/mol. The Bertz CT molecular complexity index is 939. The molecule has 102 valence electrons. The van der Waals surface area contributed by atoms with Gasteiger partial charge in [-0.05, 0) is 6.07 Å². The minimum absolute atomic E-state index is 0. The number of amides is 1. The minimum atomic E-state index is -0.845. The molecule has 0 unspecified atom stereocenters. The van der Waals surface area contributed by atoms with Crippen molar-refractivity contribution < 1.29 is 15.4 Å². The second-order valence-corrected chi connectivity index (χ2v) is 3.94. The van der Waals surface area contributed by atoms with E-state index in [0.717, 1.165) is 0 Å². The second kappa shape index (κ2) is 4.59. The Morgan fingerprint density at radius 3 is 2.45 bits per heavy atom. The van der Waals surface area contributed by atoms with Gasteiger partial charge in [0.25, 0.3) is 11.5 Å². The van der Waals surface area contributed by atoms with E-state index in [2.05, 4.69) is 4.99 Å². The molecule has 0 saturated carbocycles. The zero-order valence-electron chi connectivity index (χ0n) is 9.93. The van der Waals surface area contributed by atoms with Gasteiger partial charge >= 0.3 is 5.69 Å². The Kier molecular flexibility index (Phi) is 3.08. The lowest BCUT2D eigenvalue weighted by atomic mass is 10.1. The van der Waals surface area contributed by atoms with Gasteiger partial charge in [-0.2, -0.15) is 0 Å². The largest absolute Gasteiger partial charge is 0.494 e. The number of benzene rings is 1. The highest BCUT2D eigenvalue weighted by Crippen LogP contribution is 2.17. The number of aromatic hydroxyl groups is 1. The summed E-state index contributed by atoms with van der Waals surface area (Å²) in [5.74, 6) is -1.28. The number of H-pyrrole nitrogens is 2. The molecule has 2 aromatic rings. The summed E-state index contributed by atoms with van der Waals surface area (Å²) in [6.07, 6.45) is 0. The van der Waals surface area contributed by atoms with Crippen LogP contribution in [0.5, 0.6) is 5.88 Å². The zero-order chi connectivity index (χ0) is 13.6. The summed E-state index contributed by atoms with van der Waals surface area (Å²) in [5.41, 5.74) is -1.98.